The van der Waals surface area contributed by atoms with E-state index >= 15 is 0 Å². The molecule has 0 aliphatic heterocycles. The topological polar surface area (TPSA) is 60.4 Å². The van der Waals surface area contributed by atoms with Crippen LogP contribution in [0.1, 0.15) is 13.8 Å². The van der Waals surface area contributed by atoms with Gasteiger partial charge in [0, 0.05) is 0 Å². The monoisotopic (exact) mass is 248 g/mol. The third-order valence-corrected chi connectivity index (χ3v) is 4.07. The largest absolute Gasteiger partial charge is 0.468 e. The second-order valence-electron chi connectivity index (χ2n) is 4.97. The van der Waals surface area contributed by atoms with Gasteiger partial charge in [0.05, 0.1) is 13.0 Å². The summed E-state index contributed by atoms with van der Waals surface area (Å²) in [5.41, 5.74) is -1.38. The summed E-state index contributed by atoms with van der Waals surface area (Å²) in [5.74, 6) is -2.26. The molecule has 0 aromatic carbocycles. The molecule has 4 unspecified atom stereocenters. The van der Waals surface area contributed by atoms with Crippen LogP contribution in [0.15, 0.2) is 24.3 Å². The van der Waals surface area contributed by atoms with E-state index in [0.29, 0.717) is 0 Å². The lowest BCUT2D eigenvalue weighted by Gasteiger charge is -2.44. The van der Waals surface area contributed by atoms with Gasteiger partial charge in [-0.2, -0.15) is 0 Å². The summed E-state index contributed by atoms with van der Waals surface area (Å²) in [7, 11) is 1.25. The van der Waals surface area contributed by atoms with Crippen LogP contribution in [0.4, 0.5) is 0 Å². The number of carbonyl (C=O) groups is 3. The van der Waals surface area contributed by atoms with Crippen LogP contribution < -0.4 is 0 Å². The molecule has 0 bridgehead atoms. The van der Waals surface area contributed by atoms with Crippen LogP contribution in [0.25, 0.3) is 0 Å². The zero-order valence-electron chi connectivity index (χ0n) is 10.7. The molecule has 18 heavy (non-hydrogen) atoms. The van der Waals surface area contributed by atoms with Gasteiger partial charge >= 0.3 is 5.97 Å². The van der Waals surface area contributed by atoms with Crippen molar-refractivity contribution in [1.29, 1.82) is 0 Å². The smallest absolute Gasteiger partial charge is 0.321 e. The zero-order chi connectivity index (χ0) is 13.5. The summed E-state index contributed by atoms with van der Waals surface area (Å²) in [6.45, 7) is 3.62. The molecule has 0 fully saturated rings. The minimum Gasteiger partial charge on any atom is -0.468 e. The number of allylic oxidation sites excluding steroid dienone is 4. The highest BCUT2D eigenvalue weighted by Gasteiger charge is 2.61. The number of hydrogen-bond acceptors (Lipinski definition) is 4. The highest BCUT2D eigenvalue weighted by molar-refractivity contribution is 6.19. The van der Waals surface area contributed by atoms with Crippen molar-refractivity contribution < 1.29 is 19.1 Å². The van der Waals surface area contributed by atoms with Crippen molar-refractivity contribution in [3.8, 4) is 0 Å². The fourth-order valence-corrected chi connectivity index (χ4v) is 3.15. The lowest BCUT2D eigenvalue weighted by Crippen LogP contribution is -2.57. The molecule has 0 heterocycles. The molecule has 4 heteroatoms. The normalized spacial score (nSPS) is 38.5. The van der Waals surface area contributed by atoms with Crippen molar-refractivity contribution in [1.82, 2.24) is 0 Å². The average Bonchev–Trinajstić information content (AvgIpc) is 2.36. The van der Waals surface area contributed by atoms with E-state index in [4.69, 9.17) is 4.74 Å². The first-order chi connectivity index (χ1) is 8.46. The molecule has 0 aromatic heterocycles. The molecule has 0 N–H and O–H groups in total. The molecule has 0 saturated heterocycles. The zero-order valence-corrected chi connectivity index (χ0v) is 10.7. The van der Waals surface area contributed by atoms with Gasteiger partial charge in [-0.05, 0) is 24.0 Å². The lowest BCUT2D eigenvalue weighted by molar-refractivity contribution is -0.168. The SMILES string of the molecule is COC(=O)C12C(=O)C=CC(=O)C1C(C)C=CC2C. The maximum atomic E-state index is 12.3. The molecule has 4 atom stereocenters. The number of esters is 1. The molecule has 0 aromatic rings. The molecular weight excluding hydrogens is 232 g/mol. The van der Waals surface area contributed by atoms with Gasteiger partial charge < -0.3 is 4.74 Å². The van der Waals surface area contributed by atoms with Crippen molar-refractivity contribution >= 4 is 17.5 Å². The summed E-state index contributed by atoms with van der Waals surface area (Å²) >= 11 is 0. The quantitative estimate of drug-likeness (QED) is 0.399. The predicted octanol–water partition coefficient (Wildman–Crippen LogP) is 1.31. The van der Waals surface area contributed by atoms with Gasteiger partial charge in [0.25, 0.3) is 0 Å². The van der Waals surface area contributed by atoms with E-state index in [1.807, 2.05) is 19.1 Å². The first kappa shape index (κ1) is 12.7. The Labute approximate surface area is 106 Å². The number of methoxy groups -OCH3 is 1. The van der Waals surface area contributed by atoms with Crippen molar-refractivity contribution in [2.75, 3.05) is 7.11 Å². The molecular formula is C14H16O4. The maximum absolute atomic E-state index is 12.3. The molecule has 2 aliphatic carbocycles. The Bertz CT molecular complexity index is 474. The number of hydrogen-bond donors (Lipinski definition) is 0. The van der Waals surface area contributed by atoms with E-state index in [1.165, 1.54) is 19.3 Å². The summed E-state index contributed by atoms with van der Waals surface area (Å²) in [6, 6.07) is 0. The van der Waals surface area contributed by atoms with Crippen molar-refractivity contribution in [2.24, 2.45) is 23.2 Å². The summed E-state index contributed by atoms with van der Waals surface area (Å²) in [5, 5.41) is 0. The second kappa shape index (κ2) is 4.19. The van der Waals surface area contributed by atoms with Crippen LogP contribution in [0.5, 0.6) is 0 Å². The third kappa shape index (κ3) is 1.41. The standard InChI is InChI=1S/C14H16O4/c1-8-4-5-9(2)14(13(17)18-3)11(16)7-6-10(15)12(8)14/h4-9,12H,1-3H3. The molecule has 96 valence electrons. The van der Waals surface area contributed by atoms with E-state index in [2.05, 4.69) is 0 Å². The molecule has 0 radical (unpaired) electrons. The van der Waals surface area contributed by atoms with Gasteiger partial charge in [-0.25, -0.2) is 0 Å². The van der Waals surface area contributed by atoms with Gasteiger partial charge in [-0.1, -0.05) is 26.0 Å². The van der Waals surface area contributed by atoms with Crippen molar-refractivity contribution in [3.63, 3.8) is 0 Å². The Hall–Kier alpha value is -1.71. The summed E-state index contributed by atoms with van der Waals surface area (Å²) in [6.07, 6.45) is 6.19. The minimum absolute atomic E-state index is 0.151. The van der Waals surface area contributed by atoms with E-state index in [9.17, 15) is 14.4 Å². The fraction of sp³-hybridized carbons (Fsp3) is 0.500. The van der Waals surface area contributed by atoms with Crippen LogP contribution in [-0.4, -0.2) is 24.6 Å². The van der Waals surface area contributed by atoms with Gasteiger partial charge in [-0.15, -0.1) is 0 Å². The van der Waals surface area contributed by atoms with E-state index in [-0.39, 0.29) is 23.4 Å². The molecule has 2 rings (SSSR count). The van der Waals surface area contributed by atoms with Gasteiger partial charge in [0.2, 0.25) is 0 Å². The lowest BCUT2D eigenvalue weighted by atomic mass is 9.55. The van der Waals surface area contributed by atoms with Gasteiger partial charge in [-0.3, -0.25) is 14.4 Å². The number of ether oxygens (including phenoxy) is 1. The first-order valence-corrected chi connectivity index (χ1v) is 5.99. The van der Waals surface area contributed by atoms with Crippen molar-refractivity contribution in [3.05, 3.63) is 24.3 Å². The fourth-order valence-electron chi connectivity index (χ4n) is 3.15. The van der Waals surface area contributed by atoms with Gasteiger partial charge in [0.15, 0.2) is 11.6 Å². The van der Waals surface area contributed by atoms with Crippen LogP contribution >= 0.6 is 0 Å². The number of fused-ring (bicyclic) bond motifs is 1. The van der Waals surface area contributed by atoms with E-state index < -0.39 is 17.3 Å². The van der Waals surface area contributed by atoms with Crippen molar-refractivity contribution in [2.45, 2.75) is 13.8 Å². The number of carbonyl (C=O) groups excluding carboxylic acids is 3. The minimum atomic E-state index is -1.38. The Balaban J connectivity index is 2.68. The summed E-state index contributed by atoms with van der Waals surface area (Å²) in [4.78, 5) is 36.5. The molecule has 4 nitrogen and oxygen atoms in total. The highest BCUT2D eigenvalue weighted by atomic mass is 16.5. The molecule has 2 aliphatic rings. The number of rotatable bonds is 1. The summed E-state index contributed by atoms with van der Waals surface area (Å²) < 4.78 is 4.81. The van der Waals surface area contributed by atoms with Crippen LogP contribution in [0.2, 0.25) is 0 Å². The van der Waals surface area contributed by atoms with Crippen LogP contribution in [0, 0.1) is 23.2 Å². The van der Waals surface area contributed by atoms with Gasteiger partial charge in [0.1, 0.15) is 5.41 Å². The molecule has 0 saturated carbocycles. The number of ketones is 2. The Morgan fingerprint density at radius 3 is 2.50 bits per heavy atom. The van der Waals surface area contributed by atoms with Crippen LogP contribution in [-0.2, 0) is 19.1 Å². The third-order valence-electron chi connectivity index (χ3n) is 4.07. The maximum Gasteiger partial charge on any atom is 0.321 e. The predicted molar refractivity (Wildman–Crippen MR) is 64.6 cm³/mol. The Morgan fingerprint density at radius 2 is 1.89 bits per heavy atom. The molecule has 0 amide bonds. The van der Waals surface area contributed by atoms with E-state index in [0.717, 1.165) is 0 Å². The second-order valence-corrected chi connectivity index (χ2v) is 4.97. The average molecular weight is 248 g/mol. The van der Waals surface area contributed by atoms with E-state index in [1.54, 1.807) is 6.92 Å². The Morgan fingerprint density at radius 1 is 1.22 bits per heavy atom. The molecule has 0 spiro atoms. The van der Waals surface area contributed by atoms with Crippen LogP contribution in [0.3, 0.4) is 0 Å². The first-order valence-electron chi connectivity index (χ1n) is 5.99. The highest BCUT2D eigenvalue weighted by Crippen LogP contribution is 2.49. The Kier molecular flexibility index (Phi) is 2.97.